The molecule has 0 spiro atoms. The summed E-state index contributed by atoms with van der Waals surface area (Å²) in [5, 5.41) is 7.58. The fourth-order valence-electron chi connectivity index (χ4n) is 1.04. The van der Waals surface area contributed by atoms with Crippen LogP contribution in [0.25, 0.3) is 0 Å². The smallest absolute Gasteiger partial charge is 0.250 e. The van der Waals surface area contributed by atoms with Gasteiger partial charge in [0.2, 0.25) is 10.0 Å². The van der Waals surface area contributed by atoms with E-state index in [1.54, 1.807) is 0 Å². The number of sulfonamides is 1. The van der Waals surface area contributed by atoms with Gasteiger partial charge in [-0.15, -0.1) is 0 Å². The predicted molar refractivity (Wildman–Crippen MR) is 66.3 cm³/mol. The number of carbonyl (C=O) groups is 1. The summed E-state index contributed by atoms with van der Waals surface area (Å²) in [5.74, 6) is -0.423. The maximum absolute atomic E-state index is 11.4. The van der Waals surface area contributed by atoms with Crippen LogP contribution in [0.4, 0.5) is 5.69 Å². The summed E-state index contributed by atoms with van der Waals surface area (Å²) in [6, 6.07) is 3.84. The first-order valence-corrected chi connectivity index (χ1v) is 6.43. The molecule has 0 fully saturated rings. The third-order valence-corrected chi connectivity index (χ3v) is 2.96. The van der Waals surface area contributed by atoms with Gasteiger partial charge in [-0.2, -0.15) is 0 Å². The number of hydrogen-bond acceptors (Lipinski definition) is 3. The molecule has 17 heavy (non-hydrogen) atoms. The zero-order valence-corrected chi connectivity index (χ0v) is 10.6. The van der Waals surface area contributed by atoms with E-state index in [2.05, 4.69) is 11.9 Å². The normalized spacial score (nSPS) is 11.0. The molecule has 0 aromatic heterocycles. The Bertz CT molecular complexity index is 581. The molecule has 1 rings (SSSR count). The monoisotopic (exact) mass is 274 g/mol. The summed E-state index contributed by atoms with van der Waals surface area (Å²) < 4.78 is 22.3. The predicted octanol–water partition coefficient (Wildman–Crippen LogP) is 1.50. The van der Waals surface area contributed by atoms with Crippen molar-refractivity contribution in [3.05, 3.63) is 35.4 Å². The van der Waals surface area contributed by atoms with Crippen LogP contribution in [0, 0.1) is 0 Å². The van der Waals surface area contributed by atoms with E-state index in [9.17, 15) is 13.2 Å². The third-order valence-electron chi connectivity index (χ3n) is 1.85. The van der Waals surface area contributed by atoms with Crippen molar-refractivity contribution in [1.29, 1.82) is 0 Å². The fraction of sp³-hybridized carbons (Fsp3) is 0.100. The lowest BCUT2D eigenvalue weighted by Gasteiger charge is -2.07. The lowest BCUT2D eigenvalue weighted by molar-refractivity contribution is -0.112. The van der Waals surface area contributed by atoms with Gasteiger partial charge in [0.05, 0.1) is 4.90 Å². The summed E-state index contributed by atoms with van der Waals surface area (Å²) in [5.41, 5.74) is 0.539. The SMILES string of the molecule is C=C(C)C(=O)Nc1cc(Cl)cc(S(N)(=O)=O)c1. The number of amides is 1. The van der Waals surface area contributed by atoms with Crippen LogP contribution in [-0.4, -0.2) is 14.3 Å². The first-order chi connectivity index (χ1) is 7.70. The highest BCUT2D eigenvalue weighted by molar-refractivity contribution is 7.89. The Morgan fingerprint density at radius 2 is 2.00 bits per heavy atom. The summed E-state index contributed by atoms with van der Waals surface area (Å²) in [6.07, 6.45) is 0. The molecular weight excluding hydrogens is 264 g/mol. The molecule has 1 aromatic rings. The van der Waals surface area contributed by atoms with Gasteiger partial charge < -0.3 is 5.32 Å². The highest BCUT2D eigenvalue weighted by atomic mass is 35.5. The van der Waals surface area contributed by atoms with Gasteiger partial charge in [-0.05, 0) is 25.1 Å². The average molecular weight is 275 g/mol. The molecule has 0 unspecified atom stereocenters. The number of carbonyl (C=O) groups excluding carboxylic acids is 1. The van der Waals surface area contributed by atoms with Gasteiger partial charge in [0.15, 0.2) is 0 Å². The molecule has 1 aromatic carbocycles. The number of anilines is 1. The molecule has 5 nitrogen and oxygen atoms in total. The second-order valence-corrected chi connectivity index (χ2v) is 5.45. The van der Waals surface area contributed by atoms with Crippen LogP contribution in [-0.2, 0) is 14.8 Å². The van der Waals surface area contributed by atoms with Crippen molar-refractivity contribution in [3.63, 3.8) is 0 Å². The van der Waals surface area contributed by atoms with Gasteiger partial charge in [-0.1, -0.05) is 18.2 Å². The Morgan fingerprint density at radius 3 is 2.47 bits per heavy atom. The van der Waals surface area contributed by atoms with Crippen LogP contribution < -0.4 is 10.5 Å². The number of halogens is 1. The van der Waals surface area contributed by atoms with E-state index in [1.807, 2.05) is 0 Å². The summed E-state index contributed by atoms with van der Waals surface area (Å²) in [7, 11) is -3.86. The standard InChI is InChI=1S/C10H11ClN2O3S/c1-6(2)10(14)13-8-3-7(11)4-9(5-8)17(12,15)16/h3-5H,1H2,2H3,(H,13,14)(H2,12,15,16). The van der Waals surface area contributed by atoms with Gasteiger partial charge in [-0.3, -0.25) is 4.79 Å². The van der Waals surface area contributed by atoms with Crippen molar-refractivity contribution >= 4 is 33.2 Å². The summed E-state index contributed by atoms with van der Waals surface area (Å²) in [6.45, 7) is 4.99. The lowest BCUT2D eigenvalue weighted by Crippen LogP contribution is -2.15. The van der Waals surface area contributed by atoms with Crippen LogP contribution in [0.5, 0.6) is 0 Å². The zero-order chi connectivity index (χ0) is 13.2. The minimum Gasteiger partial charge on any atom is -0.322 e. The van der Waals surface area contributed by atoms with Crippen molar-refractivity contribution in [2.45, 2.75) is 11.8 Å². The maximum Gasteiger partial charge on any atom is 0.250 e. The number of benzene rings is 1. The fourth-order valence-corrected chi connectivity index (χ4v) is 1.92. The molecule has 3 N–H and O–H groups in total. The number of rotatable bonds is 3. The van der Waals surface area contributed by atoms with E-state index in [4.69, 9.17) is 16.7 Å². The first kappa shape index (κ1) is 13.7. The van der Waals surface area contributed by atoms with Gasteiger partial charge in [-0.25, -0.2) is 13.6 Å². The first-order valence-electron chi connectivity index (χ1n) is 4.50. The highest BCUT2D eigenvalue weighted by Gasteiger charge is 2.11. The van der Waals surface area contributed by atoms with Gasteiger partial charge >= 0.3 is 0 Å². The molecule has 0 bridgehead atoms. The number of hydrogen-bond donors (Lipinski definition) is 2. The number of nitrogens with one attached hydrogen (secondary N) is 1. The van der Waals surface area contributed by atoms with Crippen LogP contribution in [0.1, 0.15) is 6.92 Å². The lowest BCUT2D eigenvalue weighted by atomic mass is 10.3. The summed E-state index contributed by atoms with van der Waals surface area (Å²) >= 11 is 5.73. The Morgan fingerprint density at radius 1 is 1.41 bits per heavy atom. The zero-order valence-electron chi connectivity index (χ0n) is 9.03. The molecule has 0 saturated heterocycles. The number of nitrogens with two attached hydrogens (primary N) is 1. The Kier molecular flexibility index (Phi) is 3.92. The molecule has 0 atom stereocenters. The van der Waals surface area contributed by atoms with Crippen LogP contribution in [0.2, 0.25) is 5.02 Å². The van der Waals surface area contributed by atoms with Gasteiger partial charge in [0, 0.05) is 16.3 Å². The van der Waals surface area contributed by atoms with Crippen LogP contribution in [0.15, 0.2) is 35.2 Å². The molecule has 0 aliphatic carbocycles. The maximum atomic E-state index is 11.4. The molecule has 7 heteroatoms. The quantitative estimate of drug-likeness (QED) is 0.819. The molecule has 1 amide bonds. The molecule has 0 saturated carbocycles. The van der Waals surface area contributed by atoms with Crippen LogP contribution in [0.3, 0.4) is 0 Å². The van der Waals surface area contributed by atoms with Crippen molar-refractivity contribution in [3.8, 4) is 0 Å². The van der Waals surface area contributed by atoms with Crippen molar-refractivity contribution in [1.82, 2.24) is 0 Å². The second-order valence-electron chi connectivity index (χ2n) is 3.46. The Balaban J connectivity index is 3.15. The minimum atomic E-state index is -3.86. The van der Waals surface area contributed by atoms with Crippen molar-refractivity contribution in [2.75, 3.05) is 5.32 Å². The van der Waals surface area contributed by atoms with E-state index >= 15 is 0 Å². The Hall–Kier alpha value is -1.37. The molecule has 0 aliphatic rings. The minimum absolute atomic E-state index is 0.161. The number of primary sulfonamides is 1. The van der Waals surface area contributed by atoms with E-state index in [0.29, 0.717) is 5.57 Å². The highest BCUT2D eigenvalue weighted by Crippen LogP contribution is 2.21. The summed E-state index contributed by atoms with van der Waals surface area (Å²) in [4.78, 5) is 11.2. The molecule has 0 heterocycles. The molecule has 92 valence electrons. The van der Waals surface area contributed by atoms with Crippen molar-refractivity contribution in [2.24, 2.45) is 5.14 Å². The molecule has 0 aliphatic heterocycles. The van der Waals surface area contributed by atoms with Gasteiger partial charge in [0.1, 0.15) is 0 Å². The molecule has 0 radical (unpaired) electrons. The third kappa shape index (κ3) is 3.85. The van der Waals surface area contributed by atoms with E-state index in [-0.39, 0.29) is 15.6 Å². The largest absolute Gasteiger partial charge is 0.322 e. The Labute approximate surface area is 104 Å². The van der Waals surface area contributed by atoms with E-state index < -0.39 is 15.9 Å². The van der Waals surface area contributed by atoms with Crippen LogP contribution >= 0.6 is 11.6 Å². The van der Waals surface area contributed by atoms with Crippen molar-refractivity contribution < 1.29 is 13.2 Å². The second kappa shape index (κ2) is 4.87. The van der Waals surface area contributed by atoms with Gasteiger partial charge in [0.25, 0.3) is 5.91 Å². The molecular formula is C10H11ClN2O3S. The van der Waals surface area contributed by atoms with E-state index in [1.165, 1.54) is 25.1 Å². The average Bonchev–Trinajstić information content (AvgIpc) is 2.15. The van der Waals surface area contributed by atoms with E-state index in [0.717, 1.165) is 0 Å². The topological polar surface area (TPSA) is 89.3 Å².